The zero-order valence-corrected chi connectivity index (χ0v) is 11.3. The number of hydrogen-bond donors (Lipinski definition) is 3. The fraction of sp³-hybridized carbons (Fsp3) is 0.625. The largest absolute Gasteiger partial charge is 0.504 e. The first-order valence-electron chi connectivity index (χ1n) is 7.42. The van der Waals surface area contributed by atoms with Crippen molar-refractivity contribution in [2.45, 2.75) is 50.5 Å². The summed E-state index contributed by atoms with van der Waals surface area (Å²) in [4.78, 5) is 0. The smallest absolute Gasteiger partial charge is 0.157 e. The quantitative estimate of drug-likeness (QED) is 0.680. The van der Waals surface area contributed by atoms with Crippen LogP contribution in [-0.4, -0.2) is 16.3 Å². The Balaban J connectivity index is 1.81. The van der Waals surface area contributed by atoms with Gasteiger partial charge >= 0.3 is 0 Å². The molecule has 4 atom stereocenters. The van der Waals surface area contributed by atoms with Crippen molar-refractivity contribution in [3.05, 3.63) is 23.8 Å². The number of rotatable bonds is 1. The molecule has 0 aromatic heterocycles. The molecule has 3 rings (SSSR count). The predicted octanol–water partition coefficient (Wildman–Crippen LogP) is 3.11. The van der Waals surface area contributed by atoms with Gasteiger partial charge in [-0.25, -0.2) is 0 Å². The molecule has 0 heterocycles. The normalized spacial score (nSPS) is 34.8. The number of benzene rings is 1. The number of phenolic OH excluding ortho intramolecular Hbond substituents is 2. The second-order valence-electron chi connectivity index (χ2n) is 6.29. The Kier molecular flexibility index (Phi) is 3.40. The van der Waals surface area contributed by atoms with Crippen molar-refractivity contribution in [1.29, 1.82) is 0 Å². The molecule has 0 saturated heterocycles. The summed E-state index contributed by atoms with van der Waals surface area (Å²) in [7, 11) is 0. The lowest BCUT2D eigenvalue weighted by Gasteiger charge is -2.43. The van der Waals surface area contributed by atoms with Crippen LogP contribution in [0.4, 0.5) is 0 Å². The van der Waals surface area contributed by atoms with Crippen LogP contribution in [-0.2, 0) is 0 Å². The van der Waals surface area contributed by atoms with Crippen molar-refractivity contribution in [3.8, 4) is 11.5 Å². The molecule has 2 saturated carbocycles. The second-order valence-corrected chi connectivity index (χ2v) is 6.29. The fourth-order valence-electron chi connectivity index (χ4n) is 4.07. The van der Waals surface area contributed by atoms with Gasteiger partial charge in [-0.3, -0.25) is 0 Å². The number of nitrogens with two attached hydrogens (primary N) is 1. The summed E-state index contributed by atoms with van der Waals surface area (Å²) >= 11 is 0. The maximum atomic E-state index is 9.66. The molecule has 19 heavy (non-hydrogen) atoms. The van der Waals surface area contributed by atoms with E-state index in [4.69, 9.17) is 5.73 Å². The molecule has 4 unspecified atom stereocenters. The molecule has 4 N–H and O–H groups in total. The van der Waals surface area contributed by atoms with Gasteiger partial charge in [0.25, 0.3) is 0 Å². The van der Waals surface area contributed by atoms with E-state index in [1.54, 1.807) is 12.1 Å². The van der Waals surface area contributed by atoms with E-state index in [0.717, 1.165) is 30.2 Å². The van der Waals surface area contributed by atoms with Gasteiger partial charge in [0.2, 0.25) is 0 Å². The summed E-state index contributed by atoms with van der Waals surface area (Å²) < 4.78 is 0. The minimum atomic E-state index is -0.0522. The molecule has 0 amide bonds. The molecule has 3 nitrogen and oxygen atoms in total. The average molecular weight is 261 g/mol. The lowest BCUT2D eigenvalue weighted by Crippen LogP contribution is -2.40. The van der Waals surface area contributed by atoms with Gasteiger partial charge in [-0.1, -0.05) is 31.7 Å². The second kappa shape index (κ2) is 5.04. The van der Waals surface area contributed by atoms with E-state index in [9.17, 15) is 10.2 Å². The van der Waals surface area contributed by atoms with Crippen molar-refractivity contribution < 1.29 is 10.2 Å². The van der Waals surface area contributed by atoms with Crippen LogP contribution in [0.3, 0.4) is 0 Å². The zero-order chi connectivity index (χ0) is 13.4. The number of phenols is 2. The highest BCUT2D eigenvalue weighted by atomic mass is 16.3. The number of fused-ring (bicyclic) bond motifs is 1. The van der Waals surface area contributed by atoms with Crippen molar-refractivity contribution in [2.75, 3.05) is 0 Å². The Morgan fingerprint density at radius 1 is 0.947 bits per heavy atom. The molecule has 2 fully saturated rings. The van der Waals surface area contributed by atoms with Gasteiger partial charge in [0.05, 0.1) is 0 Å². The highest BCUT2D eigenvalue weighted by molar-refractivity contribution is 5.42. The number of aromatic hydroxyl groups is 2. The van der Waals surface area contributed by atoms with Crippen LogP contribution in [0.1, 0.15) is 50.0 Å². The van der Waals surface area contributed by atoms with Crippen LogP contribution in [0, 0.1) is 11.8 Å². The SMILES string of the molecule is NC1CC2CCCCC2CC1c1ccc(O)c(O)c1. The lowest BCUT2D eigenvalue weighted by atomic mass is 9.64. The van der Waals surface area contributed by atoms with Crippen LogP contribution in [0.15, 0.2) is 18.2 Å². The van der Waals surface area contributed by atoms with Gasteiger partial charge < -0.3 is 15.9 Å². The summed E-state index contributed by atoms with van der Waals surface area (Å²) in [6, 6.07) is 5.35. The van der Waals surface area contributed by atoms with Crippen molar-refractivity contribution in [1.82, 2.24) is 0 Å². The van der Waals surface area contributed by atoms with E-state index in [1.165, 1.54) is 25.7 Å². The monoisotopic (exact) mass is 261 g/mol. The standard InChI is InChI=1S/C16H23NO2/c17-14-8-11-4-2-1-3-10(11)7-13(14)12-5-6-15(18)16(19)9-12/h5-6,9-11,13-14,18-19H,1-4,7-8,17H2. The molecule has 0 spiro atoms. The van der Waals surface area contributed by atoms with Crippen LogP contribution < -0.4 is 5.73 Å². The van der Waals surface area contributed by atoms with Gasteiger partial charge in [-0.2, -0.15) is 0 Å². The maximum absolute atomic E-state index is 9.66. The third-order valence-electron chi connectivity index (χ3n) is 5.14. The van der Waals surface area contributed by atoms with E-state index in [-0.39, 0.29) is 17.5 Å². The highest BCUT2D eigenvalue weighted by Crippen LogP contribution is 2.46. The summed E-state index contributed by atoms with van der Waals surface area (Å²) in [6.45, 7) is 0. The highest BCUT2D eigenvalue weighted by Gasteiger charge is 2.37. The number of hydrogen-bond acceptors (Lipinski definition) is 3. The van der Waals surface area contributed by atoms with Crippen LogP contribution in [0.2, 0.25) is 0 Å². The lowest BCUT2D eigenvalue weighted by molar-refractivity contribution is 0.139. The topological polar surface area (TPSA) is 66.5 Å². The van der Waals surface area contributed by atoms with Crippen LogP contribution in [0.5, 0.6) is 11.5 Å². The first-order valence-corrected chi connectivity index (χ1v) is 7.42. The van der Waals surface area contributed by atoms with Crippen molar-refractivity contribution >= 4 is 0 Å². The van der Waals surface area contributed by atoms with Crippen molar-refractivity contribution in [2.24, 2.45) is 17.6 Å². The summed E-state index contributed by atoms with van der Waals surface area (Å²) in [6.07, 6.45) is 7.62. The van der Waals surface area contributed by atoms with E-state index in [0.29, 0.717) is 5.92 Å². The Labute approximate surface area is 114 Å². The molecule has 3 heteroatoms. The third kappa shape index (κ3) is 2.44. The van der Waals surface area contributed by atoms with Gasteiger partial charge in [0.15, 0.2) is 11.5 Å². The molecule has 104 valence electrons. The predicted molar refractivity (Wildman–Crippen MR) is 75.2 cm³/mol. The molecule has 0 radical (unpaired) electrons. The Morgan fingerprint density at radius 3 is 2.32 bits per heavy atom. The summed E-state index contributed by atoms with van der Waals surface area (Å²) in [5.74, 6) is 1.85. The Bertz CT molecular complexity index is 460. The molecular formula is C16H23NO2. The average Bonchev–Trinajstić information content (AvgIpc) is 2.41. The molecule has 1 aromatic carbocycles. The van der Waals surface area contributed by atoms with E-state index >= 15 is 0 Å². The molecule has 0 bridgehead atoms. The first-order chi connectivity index (χ1) is 9.15. The minimum absolute atomic E-state index is 0.0320. The van der Waals surface area contributed by atoms with Crippen LogP contribution >= 0.6 is 0 Å². The molecule has 2 aliphatic rings. The van der Waals surface area contributed by atoms with Gasteiger partial charge in [0, 0.05) is 6.04 Å². The Morgan fingerprint density at radius 2 is 1.63 bits per heavy atom. The third-order valence-corrected chi connectivity index (χ3v) is 5.14. The van der Waals surface area contributed by atoms with Gasteiger partial charge in [-0.05, 0) is 48.3 Å². The van der Waals surface area contributed by atoms with E-state index in [2.05, 4.69) is 0 Å². The zero-order valence-electron chi connectivity index (χ0n) is 11.3. The van der Waals surface area contributed by atoms with Gasteiger partial charge in [0.1, 0.15) is 0 Å². The van der Waals surface area contributed by atoms with Crippen molar-refractivity contribution in [3.63, 3.8) is 0 Å². The van der Waals surface area contributed by atoms with E-state index in [1.807, 2.05) is 6.07 Å². The minimum Gasteiger partial charge on any atom is -0.504 e. The molecule has 1 aromatic rings. The van der Waals surface area contributed by atoms with Gasteiger partial charge in [-0.15, -0.1) is 0 Å². The fourth-order valence-corrected chi connectivity index (χ4v) is 4.07. The maximum Gasteiger partial charge on any atom is 0.157 e. The molecule has 0 aliphatic heterocycles. The Hall–Kier alpha value is -1.22. The molecule has 2 aliphatic carbocycles. The summed E-state index contributed by atoms with van der Waals surface area (Å²) in [5, 5.41) is 19.1. The molecular weight excluding hydrogens is 238 g/mol. The van der Waals surface area contributed by atoms with Crippen LogP contribution in [0.25, 0.3) is 0 Å². The first kappa shape index (κ1) is 12.8. The van der Waals surface area contributed by atoms with E-state index < -0.39 is 0 Å². The summed E-state index contributed by atoms with van der Waals surface area (Å²) in [5.41, 5.74) is 7.44.